The van der Waals surface area contributed by atoms with Gasteiger partial charge >= 0.3 is 0 Å². The highest BCUT2D eigenvalue weighted by molar-refractivity contribution is 6.04. The zero-order chi connectivity index (χ0) is 18.2. The SMILES string of the molecule is CC(=O)c1ccccc1NC(=O)CN(C)CCOc1ccc(C)cc1. The topological polar surface area (TPSA) is 58.6 Å². The lowest BCUT2D eigenvalue weighted by Crippen LogP contribution is -2.33. The average Bonchev–Trinajstić information content (AvgIpc) is 2.57. The Labute approximate surface area is 148 Å². The number of aryl methyl sites for hydroxylation is 1. The van der Waals surface area contributed by atoms with Crippen molar-refractivity contribution >= 4 is 17.4 Å². The van der Waals surface area contributed by atoms with E-state index in [-0.39, 0.29) is 18.2 Å². The Kier molecular flexibility index (Phi) is 6.71. The van der Waals surface area contributed by atoms with Crippen LogP contribution in [-0.2, 0) is 4.79 Å². The van der Waals surface area contributed by atoms with Crippen LogP contribution < -0.4 is 10.1 Å². The number of amides is 1. The minimum atomic E-state index is -0.161. The zero-order valence-corrected chi connectivity index (χ0v) is 14.9. The highest BCUT2D eigenvalue weighted by Gasteiger charge is 2.11. The molecular formula is C20H24N2O3. The predicted molar refractivity (Wildman–Crippen MR) is 99.2 cm³/mol. The van der Waals surface area contributed by atoms with Crippen LogP contribution in [0.15, 0.2) is 48.5 Å². The second-order valence-electron chi connectivity index (χ2n) is 6.05. The van der Waals surface area contributed by atoms with E-state index < -0.39 is 0 Å². The Bertz CT molecular complexity index is 726. The number of anilines is 1. The first-order chi connectivity index (χ1) is 12.0. The minimum Gasteiger partial charge on any atom is -0.492 e. The molecule has 0 heterocycles. The van der Waals surface area contributed by atoms with Crippen LogP contribution in [-0.4, -0.2) is 43.3 Å². The second-order valence-corrected chi connectivity index (χ2v) is 6.05. The van der Waals surface area contributed by atoms with Crippen LogP contribution in [0.4, 0.5) is 5.69 Å². The van der Waals surface area contributed by atoms with Gasteiger partial charge in [-0.3, -0.25) is 14.5 Å². The summed E-state index contributed by atoms with van der Waals surface area (Å²) in [4.78, 5) is 25.6. The third-order valence-electron chi connectivity index (χ3n) is 3.76. The van der Waals surface area contributed by atoms with Gasteiger partial charge in [0.2, 0.25) is 5.91 Å². The number of Topliss-reactive ketones (excluding diaryl/α,β-unsaturated/α-hetero) is 1. The lowest BCUT2D eigenvalue weighted by atomic mass is 10.1. The van der Waals surface area contributed by atoms with Crippen molar-refractivity contribution in [3.05, 3.63) is 59.7 Å². The number of hydrogen-bond donors (Lipinski definition) is 1. The average molecular weight is 340 g/mol. The van der Waals surface area contributed by atoms with Crippen molar-refractivity contribution in [2.75, 3.05) is 32.1 Å². The summed E-state index contributed by atoms with van der Waals surface area (Å²) < 4.78 is 5.66. The van der Waals surface area contributed by atoms with E-state index in [9.17, 15) is 9.59 Å². The molecule has 2 aromatic carbocycles. The molecule has 25 heavy (non-hydrogen) atoms. The van der Waals surface area contributed by atoms with Gasteiger partial charge in [-0.05, 0) is 45.2 Å². The molecule has 0 aliphatic heterocycles. The van der Waals surface area contributed by atoms with Crippen LogP contribution >= 0.6 is 0 Å². The predicted octanol–water partition coefficient (Wildman–Crippen LogP) is 3.15. The van der Waals surface area contributed by atoms with E-state index in [0.29, 0.717) is 24.4 Å². The quantitative estimate of drug-likeness (QED) is 0.750. The molecule has 0 spiro atoms. The molecule has 0 aromatic heterocycles. The van der Waals surface area contributed by atoms with E-state index in [1.165, 1.54) is 12.5 Å². The number of rotatable bonds is 8. The Hall–Kier alpha value is -2.66. The summed E-state index contributed by atoms with van der Waals surface area (Å²) in [5.74, 6) is 0.584. The maximum atomic E-state index is 12.2. The number of ketones is 1. The second kappa shape index (κ2) is 8.99. The molecular weight excluding hydrogens is 316 g/mol. The first kappa shape index (κ1) is 18.7. The normalized spacial score (nSPS) is 10.6. The number of para-hydroxylation sites is 1. The molecule has 0 unspecified atom stereocenters. The number of likely N-dealkylation sites (N-methyl/N-ethyl adjacent to an activating group) is 1. The first-order valence-corrected chi connectivity index (χ1v) is 8.23. The summed E-state index contributed by atoms with van der Waals surface area (Å²) in [5, 5.41) is 2.79. The van der Waals surface area contributed by atoms with Gasteiger partial charge in [-0.25, -0.2) is 0 Å². The van der Waals surface area contributed by atoms with Crippen LogP contribution in [0.5, 0.6) is 5.75 Å². The van der Waals surface area contributed by atoms with Crippen LogP contribution in [0.25, 0.3) is 0 Å². The van der Waals surface area contributed by atoms with Crippen LogP contribution in [0.1, 0.15) is 22.8 Å². The summed E-state index contributed by atoms with van der Waals surface area (Å²) in [6, 6.07) is 14.9. The minimum absolute atomic E-state index is 0.0734. The molecule has 0 aliphatic carbocycles. The van der Waals surface area contributed by atoms with E-state index in [1.54, 1.807) is 24.3 Å². The zero-order valence-electron chi connectivity index (χ0n) is 14.9. The number of hydrogen-bond acceptors (Lipinski definition) is 4. The van der Waals surface area contributed by atoms with Gasteiger partial charge in [0, 0.05) is 12.1 Å². The number of nitrogens with zero attached hydrogens (tertiary/aromatic N) is 1. The Morgan fingerprint density at radius 2 is 1.76 bits per heavy atom. The number of nitrogens with one attached hydrogen (secondary N) is 1. The van der Waals surface area contributed by atoms with E-state index >= 15 is 0 Å². The van der Waals surface area contributed by atoms with E-state index in [1.807, 2.05) is 43.1 Å². The van der Waals surface area contributed by atoms with Gasteiger partial charge in [-0.2, -0.15) is 0 Å². The fourth-order valence-electron chi connectivity index (χ4n) is 2.37. The molecule has 0 bridgehead atoms. The van der Waals surface area contributed by atoms with Crippen molar-refractivity contribution in [3.8, 4) is 5.75 Å². The van der Waals surface area contributed by atoms with Crippen LogP contribution in [0, 0.1) is 6.92 Å². The highest BCUT2D eigenvalue weighted by Crippen LogP contribution is 2.15. The van der Waals surface area contributed by atoms with Crippen LogP contribution in [0.2, 0.25) is 0 Å². The maximum absolute atomic E-state index is 12.2. The van der Waals surface area contributed by atoms with Gasteiger partial charge in [0.1, 0.15) is 12.4 Å². The summed E-state index contributed by atoms with van der Waals surface area (Å²) in [6.45, 7) is 4.86. The van der Waals surface area contributed by atoms with Crippen molar-refractivity contribution in [3.63, 3.8) is 0 Å². The number of ether oxygens (including phenoxy) is 1. The third-order valence-corrected chi connectivity index (χ3v) is 3.76. The molecule has 0 atom stereocenters. The Morgan fingerprint density at radius 1 is 1.08 bits per heavy atom. The van der Waals surface area contributed by atoms with Gasteiger partial charge in [-0.1, -0.05) is 29.8 Å². The van der Waals surface area contributed by atoms with Gasteiger partial charge in [0.25, 0.3) is 0 Å². The van der Waals surface area contributed by atoms with Crippen molar-refractivity contribution in [1.82, 2.24) is 4.90 Å². The lowest BCUT2D eigenvalue weighted by Gasteiger charge is -2.17. The molecule has 2 aromatic rings. The lowest BCUT2D eigenvalue weighted by molar-refractivity contribution is -0.117. The maximum Gasteiger partial charge on any atom is 0.238 e. The van der Waals surface area contributed by atoms with Gasteiger partial charge in [0.05, 0.1) is 12.2 Å². The molecule has 0 saturated heterocycles. The van der Waals surface area contributed by atoms with E-state index in [0.717, 1.165) is 5.75 Å². The summed E-state index contributed by atoms with van der Waals surface area (Å²) in [5.41, 5.74) is 2.25. The standard InChI is InChI=1S/C20H24N2O3/c1-15-8-10-17(11-9-15)25-13-12-22(3)14-20(24)21-19-7-5-4-6-18(19)16(2)23/h4-11H,12-14H2,1-3H3,(H,21,24). The molecule has 5 heteroatoms. The Morgan fingerprint density at radius 3 is 2.44 bits per heavy atom. The largest absolute Gasteiger partial charge is 0.492 e. The molecule has 5 nitrogen and oxygen atoms in total. The van der Waals surface area contributed by atoms with Crippen LogP contribution in [0.3, 0.4) is 0 Å². The number of carbonyl (C=O) groups excluding carboxylic acids is 2. The molecule has 0 fully saturated rings. The van der Waals surface area contributed by atoms with Crippen molar-refractivity contribution in [2.45, 2.75) is 13.8 Å². The summed E-state index contributed by atoms with van der Waals surface area (Å²) in [6.07, 6.45) is 0. The first-order valence-electron chi connectivity index (χ1n) is 8.23. The van der Waals surface area contributed by atoms with Gasteiger partial charge < -0.3 is 10.1 Å². The van der Waals surface area contributed by atoms with E-state index in [4.69, 9.17) is 4.74 Å². The fourth-order valence-corrected chi connectivity index (χ4v) is 2.37. The van der Waals surface area contributed by atoms with Gasteiger partial charge in [0.15, 0.2) is 5.78 Å². The van der Waals surface area contributed by atoms with Crippen molar-refractivity contribution < 1.29 is 14.3 Å². The van der Waals surface area contributed by atoms with Gasteiger partial charge in [-0.15, -0.1) is 0 Å². The molecule has 2 rings (SSSR count). The molecule has 132 valence electrons. The summed E-state index contributed by atoms with van der Waals surface area (Å²) in [7, 11) is 1.86. The van der Waals surface area contributed by atoms with Crippen molar-refractivity contribution in [2.24, 2.45) is 0 Å². The number of benzene rings is 2. The molecule has 0 saturated carbocycles. The molecule has 0 radical (unpaired) electrons. The van der Waals surface area contributed by atoms with E-state index in [2.05, 4.69) is 5.32 Å². The molecule has 1 amide bonds. The fraction of sp³-hybridized carbons (Fsp3) is 0.300. The Balaban J connectivity index is 1.78. The third kappa shape index (κ3) is 6.04. The summed E-state index contributed by atoms with van der Waals surface area (Å²) >= 11 is 0. The number of carbonyl (C=O) groups is 2. The monoisotopic (exact) mass is 340 g/mol. The smallest absolute Gasteiger partial charge is 0.238 e. The molecule has 0 aliphatic rings. The molecule has 1 N–H and O–H groups in total. The van der Waals surface area contributed by atoms with Crippen molar-refractivity contribution in [1.29, 1.82) is 0 Å². The highest BCUT2D eigenvalue weighted by atomic mass is 16.5.